The molecule has 8 heteroatoms. The molecule has 0 unspecified atom stereocenters. The quantitative estimate of drug-likeness (QED) is 0.779. The molecule has 26 heavy (non-hydrogen) atoms. The second-order valence-corrected chi connectivity index (χ2v) is 10.9. The summed E-state index contributed by atoms with van der Waals surface area (Å²) in [4.78, 5) is -0.0663. The lowest BCUT2D eigenvalue weighted by Gasteiger charge is -2.20. The molecule has 140 valence electrons. The zero-order valence-electron chi connectivity index (χ0n) is 14.2. The molecule has 2 aromatic rings. The van der Waals surface area contributed by atoms with Crippen molar-refractivity contribution in [3.63, 3.8) is 0 Å². The molecular weight excluding hydrogens is 377 g/mol. The second kappa shape index (κ2) is 7.09. The summed E-state index contributed by atoms with van der Waals surface area (Å²) in [6, 6.07) is 11.5. The lowest BCUT2D eigenvalue weighted by atomic mass is 10.1. The third kappa shape index (κ3) is 4.13. The van der Waals surface area contributed by atoms with Crippen molar-refractivity contribution in [2.45, 2.75) is 29.7 Å². The molecule has 2 aromatic carbocycles. The molecule has 0 spiro atoms. The minimum absolute atomic E-state index is 0.0663. The Morgan fingerprint density at radius 1 is 1.12 bits per heavy atom. The highest BCUT2D eigenvalue weighted by molar-refractivity contribution is 7.96. The zero-order chi connectivity index (χ0) is 18.9. The van der Waals surface area contributed by atoms with Gasteiger partial charge in [0.15, 0.2) is 19.7 Å². The van der Waals surface area contributed by atoms with E-state index in [0.717, 1.165) is 23.3 Å². The van der Waals surface area contributed by atoms with Crippen molar-refractivity contribution in [2.75, 3.05) is 11.5 Å². The van der Waals surface area contributed by atoms with E-state index in [1.54, 1.807) is 0 Å². The van der Waals surface area contributed by atoms with Gasteiger partial charge in [-0.15, -0.1) is 0 Å². The molecule has 0 amide bonds. The van der Waals surface area contributed by atoms with Gasteiger partial charge in [-0.2, -0.15) is 0 Å². The van der Waals surface area contributed by atoms with E-state index in [2.05, 4.69) is 5.32 Å². The van der Waals surface area contributed by atoms with Crippen molar-refractivity contribution < 1.29 is 21.2 Å². The van der Waals surface area contributed by atoms with Gasteiger partial charge in [-0.1, -0.05) is 29.8 Å². The SMILES string of the molecule is Cc1cccc(CN[C@@H]2CS(=O)(=O)C[C@H]2S(=O)(=O)c2ccc(F)cc2)c1. The molecule has 1 heterocycles. The number of rotatable bonds is 5. The summed E-state index contributed by atoms with van der Waals surface area (Å²) in [5.74, 6) is -1.21. The molecule has 0 saturated carbocycles. The van der Waals surface area contributed by atoms with Crippen molar-refractivity contribution in [3.8, 4) is 0 Å². The summed E-state index contributed by atoms with van der Waals surface area (Å²) >= 11 is 0. The molecule has 2 atom stereocenters. The number of nitrogens with one attached hydrogen (secondary N) is 1. The highest BCUT2D eigenvalue weighted by Crippen LogP contribution is 2.26. The Balaban J connectivity index is 1.85. The summed E-state index contributed by atoms with van der Waals surface area (Å²) < 4.78 is 63.0. The van der Waals surface area contributed by atoms with Gasteiger partial charge in [0, 0.05) is 12.6 Å². The fourth-order valence-electron chi connectivity index (χ4n) is 3.18. The van der Waals surface area contributed by atoms with Crippen LogP contribution in [0.1, 0.15) is 11.1 Å². The molecule has 1 N–H and O–H groups in total. The van der Waals surface area contributed by atoms with E-state index in [9.17, 15) is 21.2 Å². The van der Waals surface area contributed by atoms with Crippen LogP contribution in [0.5, 0.6) is 0 Å². The van der Waals surface area contributed by atoms with Crippen LogP contribution in [0, 0.1) is 12.7 Å². The van der Waals surface area contributed by atoms with E-state index in [-0.39, 0.29) is 10.6 Å². The Bertz CT molecular complexity index is 1000. The summed E-state index contributed by atoms with van der Waals surface area (Å²) in [6.07, 6.45) is 0. The minimum Gasteiger partial charge on any atom is -0.308 e. The van der Waals surface area contributed by atoms with E-state index in [1.807, 2.05) is 31.2 Å². The summed E-state index contributed by atoms with van der Waals surface area (Å²) in [5.41, 5.74) is 2.02. The van der Waals surface area contributed by atoms with E-state index < -0.39 is 42.5 Å². The van der Waals surface area contributed by atoms with Crippen LogP contribution in [0.2, 0.25) is 0 Å². The first-order valence-electron chi connectivity index (χ1n) is 8.16. The van der Waals surface area contributed by atoms with Gasteiger partial charge in [0.25, 0.3) is 0 Å². The number of hydrogen-bond donors (Lipinski definition) is 1. The molecule has 1 aliphatic rings. The first kappa shape index (κ1) is 19.0. The fourth-order valence-corrected chi connectivity index (χ4v) is 7.90. The summed E-state index contributed by atoms with van der Waals surface area (Å²) in [5, 5.41) is 1.99. The molecule has 5 nitrogen and oxygen atoms in total. The largest absolute Gasteiger partial charge is 0.308 e. The van der Waals surface area contributed by atoms with Gasteiger partial charge in [0.05, 0.1) is 21.7 Å². The van der Waals surface area contributed by atoms with Crippen LogP contribution in [0.25, 0.3) is 0 Å². The maximum Gasteiger partial charge on any atom is 0.183 e. The molecule has 0 radical (unpaired) electrons. The molecule has 0 aromatic heterocycles. The predicted molar refractivity (Wildman–Crippen MR) is 97.8 cm³/mol. The molecule has 1 aliphatic heterocycles. The number of aryl methyl sites for hydroxylation is 1. The van der Waals surface area contributed by atoms with E-state index >= 15 is 0 Å². The molecule has 0 aliphatic carbocycles. The van der Waals surface area contributed by atoms with E-state index in [1.165, 1.54) is 12.1 Å². The number of hydrogen-bond acceptors (Lipinski definition) is 5. The van der Waals surface area contributed by atoms with E-state index in [4.69, 9.17) is 0 Å². The van der Waals surface area contributed by atoms with Crippen molar-refractivity contribution in [2.24, 2.45) is 0 Å². The molecule has 3 rings (SSSR count). The Kier molecular flexibility index (Phi) is 5.18. The van der Waals surface area contributed by atoms with E-state index in [0.29, 0.717) is 6.54 Å². The zero-order valence-corrected chi connectivity index (χ0v) is 15.9. The number of sulfone groups is 2. The Morgan fingerprint density at radius 2 is 1.81 bits per heavy atom. The first-order valence-corrected chi connectivity index (χ1v) is 11.5. The summed E-state index contributed by atoms with van der Waals surface area (Å²) in [6.45, 7) is 2.32. The smallest absolute Gasteiger partial charge is 0.183 e. The maximum absolute atomic E-state index is 13.1. The molecular formula is C18H20FNO4S2. The lowest BCUT2D eigenvalue weighted by molar-refractivity contribution is 0.526. The average molecular weight is 397 g/mol. The topological polar surface area (TPSA) is 80.3 Å². The Hall–Kier alpha value is -1.77. The van der Waals surface area contributed by atoms with Crippen LogP contribution in [-0.4, -0.2) is 39.6 Å². The van der Waals surface area contributed by atoms with Crippen LogP contribution >= 0.6 is 0 Å². The number of benzene rings is 2. The van der Waals surface area contributed by atoms with Gasteiger partial charge < -0.3 is 5.32 Å². The highest BCUT2D eigenvalue weighted by atomic mass is 32.2. The van der Waals surface area contributed by atoms with Crippen molar-refractivity contribution in [1.82, 2.24) is 5.32 Å². The van der Waals surface area contributed by atoms with Gasteiger partial charge in [-0.3, -0.25) is 0 Å². The second-order valence-electron chi connectivity index (χ2n) is 6.59. The summed E-state index contributed by atoms with van der Waals surface area (Å²) in [7, 11) is -7.37. The van der Waals surface area contributed by atoms with Crippen LogP contribution in [0.3, 0.4) is 0 Å². The maximum atomic E-state index is 13.1. The third-order valence-electron chi connectivity index (χ3n) is 4.49. The Labute approximate surface area is 153 Å². The van der Waals surface area contributed by atoms with Crippen molar-refractivity contribution in [3.05, 3.63) is 65.5 Å². The van der Waals surface area contributed by atoms with Crippen molar-refractivity contribution in [1.29, 1.82) is 0 Å². The van der Waals surface area contributed by atoms with Gasteiger partial charge in [0.2, 0.25) is 0 Å². The predicted octanol–water partition coefficient (Wildman–Crippen LogP) is 1.86. The normalized spacial score (nSPS) is 22.4. The molecule has 1 fully saturated rings. The molecule has 0 bridgehead atoms. The standard InChI is InChI=1S/C18H20FNO4S2/c1-13-3-2-4-14(9-13)10-20-17-11-25(21,22)12-18(17)26(23,24)16-7-5-15(19)6-8-16/h2-9,17-18,20H,10-12H2,1H3/t17-,18-/m1/s1. The first-order chi connectivity index (χ1) is 12.2. The van der Waals surface area contributed by atoms with Crippen LogP contribution in [0.15, 0.2) is 53.4 Å². The van der Waals surface area contributed by atoms with Gasteiger partial charge >= 0.3 is 0 Å². The van der Waals surface area contributed by atoms with Crippen molar-refractivity contribution >= 4 is 19.7 Å². The third-order valence-corrected chi connectivity index (χ3v) is 8.66. The minimum atomic E-state index is -3.90. The van der Waals surface area contributed by atoms with Gasteiger partial charge in [0.1, 0.15) is 5.82 Å². The van der Waals surface area contributed by atoms with Gasteiger partial charge in [-0.05, 0) is 36.8 Å². The Morgan fingerprint density at radius 3 is 2.46 bits per heavy atom. The fraction of sp³-hybridized carbons (Fsp3) is 0.333. The average Bonchev–Trinajstić information content (AvgIpc) is 2.89. The highest BCUT2D eigenvalue weighted by Gasteiger charge is 2.45. The molecule has 1 saturated heterocycles. The monoisotopic (exact) mass is 397 g/mol. The van der Waals surface area contributed by atoms with Crippen LogP contribution < -0.4 is 5.32 Å². The van der Waals surface area contributed by atoms with Gasteiger partial charge in [-0.25, -0.2) is 21.2 Å². The lowest BCUT2D eigenvalue weighted by Crippen LogP contribution is -2.43. The van der Waals surface area contributed by atoms with Crippen LogP contribution in [0.4, 0.5) is 4.39 Å². The van der Waals surface area contributed by atoms with Crippen LogP contribution in [-0.2, 0) is 26.2 Å². The number of halogens is 1.